The molecule has 2 rings (SSSR count). The zero-order chi connectivity index (χ0) is 19.5. The first kappa shape index (κ1) is 21.6. The molecule has 3 N–H and O–H groups in total. The molecule has 0 aliphatic rings. The summed E-state index contributed by atoms with van der Waals surface area (Å²) in [6, 6.07) is 17.3. The van der Waals surface area contributed by atoms with Crippen molar-refractivity contribution in [2.24, 2.45) is 11.7 Å². The summed E-state index contributed by atoms with van der Waals surface area (Å²) in [6.07, 6.45) is 2.65. The maximum absolute atomic E-state index is 12.2. The van der Waals surface area contributed by atoms with Crippen LogP contribution in [0.4, 0.5) is 0 Å². The molecule has 1 atom stereocenters. The molecule has 0 bridgehead atoms. The first-order valence-electron chi connectivity index (χ1n) is 9.04. The minimum atomic E-state index is -0.931. The van der Waals surface area contributed by atoms with Gasteiger partial charge in [0, 0.05) is 12.0 Å². The van der Waals surface area contributed by atoms with E-state index in [2.05, 4.69) is 6.92 Å². The minimum Gasteiger partial charge on any atom is -0.480 e. The van der Waals surface area contributed by atoms with Crippen LogP contribution in [0.1, 0.15) is 50.4 Å². The fourth-order valence-corrected chi connectivity index (χ4v) is 2.35. The largest absolute Gasteiger partial charge is 0.480 e. The Morgan fingerprint density at radius 1 is 1.00 bits per heavy atom. The summed E-state index contributed by atoms with van der Waals surface area (Å²) in [6.45, 7) is 5.66. The summed E-state index contributed by atoms with van der Waals surface area (Å²) in [5.74, 6) is -0.663. The molecule has 2 aromatic carbocycles. The Labute approximate surface area is 156 Å². The molecule has 4 nitrogen and oxygen atoms in total. The van der Waals surface area contributed by atoms with Crippen molar-refractivity contribution in [3.8, 4) is 11.1 Å². The van der Waals surface area contributed by atoms with Crippen molar-refractivity contribution < 1.29 is 14.7 Å². The molecule has 0 radical (unpaired) electrons. The van der Waals surface area contributed by atoms with Crippen molar-refractivity contribution in [2.75, 3.05) is 0 Å². The van der Waals surface area contributed by atoms with Gasteiger partial charge in [0.25, 0.3) is 0 Å². The molecule has 0 heterocycles. The van der Waals surface area contributed by atoms with E-state index in [1.165, 1.54) is 0 Å². The summed E-state index contributed by atoms with van der Waals surface area (Å²) in [5.41, 5.74) is 8.15. The number of Topliss-reactive ketones (excluding diaryl/α,β-unsaturated/α-hetero) is 1. The van der Waals surface area contributed by atoms with Gasteiger partial charge in [0.2, 0.25) is 0 Å². The number of carbonyl (C=O) groups is 2. The van der Waals surface area contributed by atoms with Crippen LogP contribution in [0.15, 0.2) is 54.6 Å². The van der Waals surface area contributed by atoms with Gasteiger partial charge in [0.05, 0.1) is 0 Å². The van der Waals surface area contributed by atoms with E-state index in [0.717, 1.165) is 29.5 Å². The third-order valence-corrected chi connectivity index (χ3v) is 4.07. The number of hydrogen-bond donors (Lipinski definition) is 2. The number of carboxylic acids is 1. The summed E-state index contributed by atoms with van der Waals surface area (Å²) in [5, 5.41) is 8.23. The minimum absolute atomic E-state index is 0.0208. The SMILES string of the molecule is CC(C)C(N)C(=O)O.CCCCC(=O)c1ccccc1-c1ccccc1. The molecule has 0 fully saturated rings. The summed E-state index contributed by atoms with van der Waals surface area (Å²) in [7, 11) is 0. The smallest absolute Gasteiger partial charge is 0.320 e. The second kappa shape index (κ2) is 11.2. The van der Waals surface area contributed by atoms with Crippen molar-refractivity contribution in [2.45, 2.75) is 46.1 Å². The Morgan fingerprint density at radius 2 is 1.58 bits per heavy atom. The van der Waals surface area contributed by atoms with Gasteiger partial charge in [-0.15, -0.1) is 0 Å². The molecule has 2 aromatic rings. The zero-order valence-electron chi connectivity index (χ0n) is 15.8. The van der Waals surface area contributed by atoms with Gasteiger partial charge < -0.3 is 10.8 Å². The number of rotatable bonds is 7. The number of carboxylic acid groups (broad SMARTS) is 1. The molecule has 4 heteroatoms. The van der Waals surface area contributed by atoms with Crippen LogP contribution in [0.5, 0.6) is 0 Å². The summed E-state index contributed by atoms with van der Waals surface area (Å²) < 4.78 is 0. The highest BCUT2D eigenvalue weighted by Crippen LogP contribution is 2.24. The first-order chi connectivity index (χ1) is 12.4. The van der Waals surface area contributed by atoms with Crippen LogP contribution in [0.25, 0.3) is 11.1 Å². The molecule has 0 amide bonds. The van der Waals surface area contributed by atoms with Crippen molar-refractivity contribution in [3.63, 3.8) is 0 Å². The molecule has 0 aliphatic carbocycles. The average molecular weight is 355 g/mol. The lowest BCUT2D eigenvalue weighted by atomic mass is 9.95. The maximum atomic E-state index is 12.2. The third-order valence-electron chi connectivity index (χ3n) is 4.07. The zero-order valence-corrected chi connectivity index (χ0v) is 15.8. The van der Waals surface area contributed by atoms with Crippen LogP contribution in [0.3, 0.4) is 0 Å². The molecule has 1 unspecified atom stereocenters. The fourth-order valence-electron chi connectivity index (χ4n) is 2.35. The van der Waals surface area contributed by atoms with Gasteiger partial charge in [-0.3, -0.25) is 9.59 Å². The highest BCUT2D eigenvalue weighted by atomic mass is 16.4. The number of unbranched alkanes of at least 4 members (excludes halogenated alkanes) is 1. The predicted molar refractivity (Wildman–Crippen MR) is 106 cm³/mol. The molecule has 0 aromatic heterocycles. The highest BCUT2D eigenvalue weighted by Gasteiger charge is 2.14. The Bertz CT molecular complexity index is 696. The van der Waals surface area contributed by atoms with E-state index in [1.54, 1.807) is 13.8 Å². The Balaban J connectivity index is 0.000000359. The van der Waals surface area contributed by atoms with Crippen LogP contribution >= 0.6 is 0 Å². The van der Waals surface area contributed by atoms with Gasteiger partial charge in [-0.25, -0.2) is 0 Å². The van der Waals surface area contributed by atoms with Crippen molar-refractivity contribution in [1.29, 1.82) is 0 Å². The number of hydrogen-bond acceptors (Lipinski definition) is 3. The van der Waals surface area contributed by atoms with Crippen LogP contribution in [0.2, 0.25) is 0 Å². The van der Waals surface area contributed by atoms with E-state index in [0.29, 0.717) is 6.42 Å². The Morgan fingerprint density at radius 3 is 2.08 bits per heavy atom. The normalized spacial score (nSPS) is 11.4. The summed E-state index contributed by atoms with van der Waals surface area (Å²) in [4.78, 5) is 22.2. The molecule has 0 aliphatic heterocycles. The molecule has 140 valence electrons. The third kappa shape index (κ3) is 6.81. The number of benzene rings is 2. The van der Waals surface area contributed by atoms with Crippen LogP contribution < -0.4 is 5.73 Å². The number of carbonyl (C=O) groups excluding carboxylic acids is 1. The highest BCUT2D eigenvalue weighted by molar-refractivity contribution is 6.02. The van der Waals surface area contributed by atoms with Gasteiger partial charge in [0.1, 0.15) is 6.04 Å². The standard InChI is InChI=1S/C17H18O.C5H11NO2/c1-2-3-13-17(18)16-12-8-7-11-15(16)14-9-5-4-6-10-14;1-3(2)4(6)5(7)8/h4-12H,2-3,13H2,1H3;3-4H,6H2,1-2H3,(H,7,8). The molecular weight excluding hydrogens is 326 g/mol. The molecule has 26 heavy (non-hydrogen) atoms. The molecular formula is C22H29NO3. The lowest BCUT2D eigenvalue weighted by molar-refractivity contribution is -0.139. The number of aliphatic carboxylic acids is 1. The van der Waals surface area contributed by atoms with Gasteiger partial charge in [-0.2, -0.15) is 0 Å². The molecule has 0 spiro atoms. The van der Waals surface area contributed by atoms with E-state index < -0.39 is 12.0 Å². The van der Waals surface area contributed by atoms with Gasteiger partial charge in [-0.1, -0.05) is 81.8 Å². The van der Waals surface area contributed by atoms with Crippen molar-refractivity contribution in [1.82, 2.24) is 0 Å². The topological polar surface area (TPSA) is 80.4 Å². The Hall–Kier alpha value is -2.46. The van der Waals surface area contributed by atoms with E-state index in [1.807, 2.05) is 54.6 Å². The lowest BCUT2D eigenvalue weighted by Crippen LogP contribution is -2.34. The van der Waals surface area contributed by atoms with E-state index in [9.17, 15) is 9.59 Å². The van der Waals surface area contributed by atoms with E-state index >= 15 is 0 Å². The lowest BCUT2D eigenvalue weighted by Gasteiger charge is -2.08. The fraction of sp³-hybridized carbons (Fsp3) is 0.364. The number of nitrogens with two attached hydrogens (primary N) is 1. The van der Waals surface area contributed by atoms with Crippen molar-refractivity contribution in [3.05, 3.63) is 60.2 Å². The van der Waals surface area contributed by atoms with E-state index in [-0.39, 0.29) is 11.7 Å². The monoisotopic (exact) mass is 355 g/mol. The molecule has 0 saturated carbocycles. The predicted octanol–water partition coefficient (Wildman–Crippen LogP) is 4.78. The second-order valence-electron chi connectivity index (χ2n) is 6.55. The Kier molecular flexibility index (Phi) is 9.31. The summed E-state index contributed by atoms with van der Waals surface area (Å²) >= 11 is 0. The van der Waals surface area contributed by atoms with Gasteiger partial charge in [0.15, 0.2) is 5.78 Å². The quantitative estimate of drug-likeness (QED) is 0.700. The molecule has 0 saturated heterocycles. The van der Waals surface area contributed by atoms with Crippen molar-refractivity contribution >= 4 is 11.8 Å². The maximum Gasteiger partial charge on any atom is 0.320 e. The number of ketones is 1. The second-order valence-corrected chi connectivity index (χ2v) is 6.55. The average Bonchev–Trinajstić information content (AvgIpc) is 2.66. The first-order valence-corrected chi connectivity index (χ1v) is 9.04. The van der Waals surface area contributed by atoms with Gasteiger partial charge >= 0.3 is 5.97 Å². The van der Waals surface area contributed by atoms with E-state index in [4.69, 9.17) is 10.8 Å². The van der Waals surface area contributed by atoms with Gasteiger partial charge in [-0.05, 0) is 23.5 Å². The van der Waals surface area contributed by atoms with Crippen LogP contribution in [-0.2, 0) is 4.79 Å². The van der Waals surface area contributed by atoms with Crippen LogP contribution in [-0.4, -0.2) is 22.9 Å². The van der Waals surface area contributed by atoms with Crippen LogP contribution in [0, 0.1) is 5.92 Å².